The number of hydrogen-bond acceptors (Lipinski definition) is 6. The summed E-state index contributed by atoms with van der Waals surface area (Å²) >= 11 is 0. The number of nitrogens with one attached hydrogen (secondary N) is 1. The molecule has 3 saturated heterocycles. The molecule has 0 unspecified atom stereocenters. The van der Waals surface area contributed by atoms with Crippen molar-refractivity contribution >= 4 is 23.1 Å². The second-order valence-corrected chi connectivity index (χ2v) is 6.93. The number of anilines is 2. The predicted octanol–water partition coefficient (Wildman–Crippen LogP) is 2.53. The van der Waals surface area contributed by atoms with Crippen LogP contribution in [0.4, 0.5) is 17.2 Å². The maximum atomic E-state index is 12.3. The highest BCUT2D eigenvalue weighted by atomic mass is 16.6. The molecule has 0 aliphatic carbocycles. The van der Waals surface area contributed by atoms with Crippen molar-refractivity contribution in [3.05, 3.63) is 58.3 Å². The molecule has 1 aromatic carbocycles. The van der Waals surface area contributed by atoms with Gasteiger partial charge in [-0.15, -0.1) is 0 Å². The van der Waals surface area contributed by atoms with Crippen LogP contribution in [0.15, 0.2) is 42.6 Å². The van der Waals surface area contributed by atoms with Gasteiger partial charge in [-0.25, -0.2) is 4.98 Å². The van der Waals surface area contributed by atoms with Gasteiger partial charge in [-0.05, 0) is 37.1 Å². The van der Waals surface area contributed by atoms with Crippen molar-refractivity contribution in [3.63, 3.8) is 0 Å². The van der Waals surface area contributed by atoms with E-state index in [1.54, 1.807) is 6.20 Å². The molecule has 8 nitrogen and oxygen atoms in total. The quantitative estimate of drug-likeness (QED) is 0.659. The zero-order valence-electron chi connectivity index (χ0n) is 14.9. The molecule has 0 atom stereocenters. The average molecular weight is 367 g/mol. The minimum atomic E-state index is -0.489. The fourth-order valence-electron chi connectivity index (χ4n) is 3.76. The number of hydrogen-bond donors (Lipinski definition) is 1. The van der Waals surface area contributed by atoms with E-state index in [4.69, 9.17) is 0 Å². The van der Waals surface area contributed by atoms with E-state index in [0.29, 0.717) is 17.3 Å². The van der Waals surface area contributed by atoms with Gasteiger partial charge >= 0.3 is 0 Å². The SMILES string of the molecule is O=C(Nc1ccc(N2CCN3CCC2CC3)nc1)c1ccc([N+](=O)[O-])cc1. The number of piperidine rings is 1. The first-order valence-electron chi connectivity index (χ1n) is 9.11. The van der Waals surface area contributed by atoms with Crippen LogP contribution >= 0.6 is 0 Å². The van der Waals surface area contributed by atoms with Crippen LogP contribution in [-0.2, 0) is 0 Å². The van der Waals surface area contributed by atoms with Gasteiger partial charge in [-0.3, -0.25) is 14.9 Å². The Kier molecular flexibility index (Phi) is 4.72. The first-order valence-corrected chi connectivity index (χ1v) is 9.11. The van der Waals surface area contributed by atoms with Crippen LogP contribution in [-0.4, -0.2) is 52.9 Å². The molecule has 3 fully saturated rings. The van der Waals surface area contributed by atoms with Gasteiger partial charge in [0, 0.05) is 49.9 Å². The molecule has 1 amide bonds. The summed E-state index contributed by atoms with van der Waals surface area (Å²) in [7, 11) is 0. The fourth-order valence-corrected chi connectivity index (χ4v) is 3.76. The van der Waals surface area contributed by atoms with E-state index in [2.05, 4.69) is 20.1 Å². The Morgan fingerprint density at radius 3 is 2.44 bits per heavy atom. The van der Waals surface area contributed by atoms with E-state index in [0.717, 1.165) is 32.0 Å². The Hall–Kier alpha value is -3.00. The standard InChI is InChI=1S/C19H21N5O3/c25-19(14-1-4-17(5-2-14)24(26)27)21-15-3-6-18(20-13-15)23-12-11-22-9-7-16(23)8-10-22/h1-6,13,16H,7-12H2,(H,21,25). The van der Waals surface area contributed by atoms with Crippen molar-refractivity contribution in [1.29, 1.82) is 0 Å². The average Bonchev–Trinajstić information content (AvgIpc) is 3.02. The normalized spacial score (nSPS) is 21.6. The highest BCUT2D eigenvalue weighted by Gasteiger charge is 2.29. The minimum absolute atomic E-state index is 0.0412. The lowest BCUT2D eigenvalue weighted by molar-refractivity contribution is -0.384. The number of nitrogens with zero attached hydrogens (tertiary/aromatic N) is 4. The molecule has 2 bridgehead atoms. The van der Waals surface area contributed by atoms with Crippen LogP contribution in [0.3, 0.4) is 0 Å². The molecule has 3 aliphatic rings. The molecular weight excluding hydrogens is 346 g/mol. The summed E-state index contributed by atoms with van der Waals surface area (Å²) in [5, 5.41) is 13.5. The number of nitro groups is 1. The van der Waals surface area contributed by atoms with Crippen molar-refractivity contribution in [1.82, 2.24) is 9.88 Å². The molecule has 0 saturated carbocycles. The van der Waals surface area contributed by atoms with Gasteiger partial charge in [0.15, 0.2) is 0 Å². The maximum Gasteiger partial charge on any atom is 0.269 e. The Balaban J connectivity index is 1.43. The van der Waals surface area contributed by atoms with Crippen LogP contribution in [0.25, 0.3) is 0 Å². The first-order chi connectivity index (χ1) is 13.1. The molecule has 1 aromatic heterocycles. The zero-order valence-corrected chi connectivity index (χ0v) is 14.9. The van der Waals surface area contributed by atoms with Gasteiger partial charge in [-0.2, -0.15) is 0 Å². The summed E-state index contributed by atoms with van der Waals surface area (Å²) in [6.45, 7) is 4.36. The molecular formula is C19H21N5O3. The van der Waals surface area contributed by atoms with Crippen LogP contribution in [0.5, 0.6) is 0 Å². The second kappa shape index (κ2) is 7.32. The number of benzene rings is 1. The minimum Gasteiger partial charge on any atom is -0.352 e. The van der Waals surface area contributed by atoms with E-state index < -0.39 is 4.92 Å². The Bertz CT molecular complexity index is 829. The molecule has 4 heterocycles. The monoisotopic (exact) mass is 367 g/mol. The smallest absolute Gasteiger partial charge is 0.269 e. The number of pyridine rings is 1. The highest BCUT2D eigenvalue weighted by Crippen LogP contribution is 2.26. The summed E-state index contributed by atoms with van der Waals surface area (Å²) in [4.78, 5) is 31.9. The summed E-state index contributed by atoms with van der Waals surface area (Å²) in [5.41, 5.74) is 0.925. The van der Waals surface area contributed by atoms with Crippen molar-refractivity contribution in [2.75, 3.05) is 36.4 Å². The molecule has 2 aromatic rings. The van der Waals surface area contributed by atoms with Crippen molar-refractivity contribution in [2.24, 2.45) is 0 Å². The van der Waals surface area contributed by atoms with E-state index in [1.807, 2.05) is 12.1 Å². The van der Waals surface area contributed by atoms with E-state index in [-0.39, 0.29) is 11.6 Å². The van der Waals surface area contributed by atoms with Crippen molar-refractivity contribution in [3.8, 4) is 0 Å². The lowest BCUT2D eigenvalue weighted by Gasteiger charge is -2.32. The highest BCUT2D eigenvalue weighted by molar-refractivity contribution is 6.04. The van der Waals surface area contributed by atoms with Crippen molar-refractivity contribution in [2.45, 2.75) is 18.9 Å². The number of rotatable bonds is 4. The molecule has 8 heteroatoms. The lowest BCUT2D eigenvalue weighted by Crippen LogP contribution is -2.38. The van der Waals surface area contributed by atoms with Gasteiger partial charge in [-0.1, -0.05) is 0 Å². The van der Waals surface area contributed by atoms with Crippen LogP contribution in [0.2, 0.25) is 0 Å². The molecule has 27 heavy (non-hydrogen) atoms. The third-order valence-corrected chi connectivity index (χ3v) is 5.30. The van der Waals surface area contributed by atoms with Crippen LogP contribution < -0.4 is 10.2 Å². The van der Waals surface area contributed by atoms with Crippen LogP contribution in [0.1, 0.15) is 23.2 Å². The summed E-state index contributed by atoms with van der Waals surface area (Å²) in [6, 6.07) is 9.86. The largest absolute Gasteiger partial charge is 0.352 e. The molecule has 3 aliphatic heterocycles. The molecule has 1 N–H and O–H groups in total. The number of aromatic nitrogens is 1. The molecule has 0 spiro atoms. The van der Waals surface area contributed by atoms with Gasteiger partial charge in [0.1, 0.15) is 5.82 Å². The lowest BCUT2D eigenvalue weighted by atomic mass is 10.1. The summed E-state index contributed by atoms with van der Waals surface area (Å²) < 4.78 is 0. The summed E-state index contributed by atoms with van der Waals surface area (Å²) in [6.07, 6.45) is 4.00. The number of carbonyl (C=O) groups excluding carboxylic acids is 1. The van der Waals surface area contributed by atoms with Crippen molar-refractivity contribution < 1.29 is 9.72 Å². The van der Waals surface area contributed by atoms with E-state index in [1.165, 1.54) is 37.1 Å². The molecule has 140 valence electrons. The number of fused-ring (bicyclic) bond motifs is 4. The molecule has 0 radical (unpaired) electrons. The number of nitro benzene ring substituents is 1. The van der Waals surface area contributed by atoms with Crippen LogP contribution in [0, 0.1) is 10.1 Å². The number of amides is 1. The topological polar surface area (TPSA) is 91.6 Å². The fraction of sp³-hybridized carbons (Fsp3) is 0.368. The zero-order chi connectivity index (χ0) is 18.8. The van der Waals surface area contributed by atoms with Gasteiger partial charge in [0.05, 0.1) is 16.8 Å². The van der Waals surface area contributed by atoms with E-state index in [9.17, 15) is 14.9 Å². The van der Waals surface area contributed by atoms with E-state index >= 15 is 0 Å². The molecule has 5 rings (SSSR count). The number of non-ortho nitro benzene ring substituents is 1. The Labute approximate surface area is 157 Å². The predicted molar refractivity (Wildman–Crippen MR) is 102 cm³/mol. The third kappa shape index (κ3) is 3.75. The van der Waals surface area contributed by atoms with Gasteiger partial charge in [0.2, 0.25) is 0 Å². The Morgan fingerprint density at radius 2 is 1.81 bits per heavy atom. The van der Waals surface area contributed by atoms with Gasteiger partial charge < -0.3 is 15.1 Å². The second-order valence-electron chi connectivity index (χ2n) is 6.93. The van der Waals surface area contributed by atoms with Gasteiger partial charge in [0.25, 0.3) is 11.6 Å². The first kappa shape index (κ1) is 17.4. The third-order valence-electron chi connectivity index (χ3n) is 5.30. The number of carbonyl (C=O) groups is 1. The summed E-state index contributed by atoms with van der Waals surface area (Å²) in [5.74, 6) is 0.623. The maximum absolute atomic E-state index is 12.3. The Morgan fingerprint density at radius 1 is 1.07 bits per heavy atom.